The van der Waals surface area contributed by atoms with E-state index in [2.05, 4.69) is 0 Å². The SMILES string of the molecule is COC(C)(C)O[C@@H]1CN(C(=O)OC(C)(C)C)[C@@H]1c1ccccc1. The normalized spacial score (nSPS) is 21.7. The minimum atomic E-state index is -0.697. The summed E-state index contributed by atoms with van der Waals surface area (Å²) in [6.07, 6.45) is -0.443. The molecule has 1 saturated heterocycles. The summed E-state index contributed by atoms with van der Waals surface area (Å²) in [5.74, 6) is -0.697. The van der Waals surface area contributed by atoms with Crippen molar-refractivity contribution in [3.8, 4) is 0 Å². The first-order chi connectivity index (χ1) is 10.6. The maximum absolute atomic E-state index is 12.4. The molecule has 0 aliphatic carbocycles. The zero-order valence-corrected chi connectivity index (χ0v) is 14.8. The van der Waals surface area contributed by atoms with E-state index in [4.69, 9.17) is 14.2 Å². The van der Waals surface area contributed by atoms with Gasteiger partial charge in [-0.1, -0.05) is 30.3 Å². The molecule has 23 heavy (non-hydrogen) atoms. The summed E-state index contributed by atoms with van der Waals surface area (Å²) in [7, 11) is 1.61. The van der Waals surface area contributed by atoms with Crippen LogP contribution in [0.4, 0.5) is 4.79 Å². The van der Waals surface area contributed by atoms with E-state index in [9.17, 15) is 4.79 Å². The summed E-state index contributed by atoms with van der Waals surface area (Å²) in [4.78, 5) is 14.1. The van der Waals surface area contributed by atoms with Crippen molar-refractivity contribution in [1.82, 2.24) is 4.90 Å². The fourth-order valence-electron chi connectivity index (χ4n) is 2.54. The van der Waals surface area contributed by atoms with E-state index in [1.54, 1.807) is 12.0 Å². The Labute approximate surface area is 138 Å². The molecule has 1 amide bonds. The molecule has 0 unspecified atom stereocenters. The van der Waals surface area contributed by atoms with Crippen LogP contribution in [0.5, 0.6) is 0 Å². The third-order valence-corrected chi connectivity index (χ3v) is 3.76. The number of rotatable bonds is 4. The molecule has 5 nitrogen and oxygen atoms in total. The van der Waals surface area contributed by atoms with Crippen molar-refractivity contribution >= 4 is 6.09 Å². The molecular formula is C18H27NO4. The van der Waals surface area contributed by atoms with Crippen molar-refractivity contribution in [3.05, 3.63) is 35.9 Å². The average molecular weight is 321 g/mol. The Kier molecular flexibility index (Phi) is 5.01. The smallest absolute Gasteiger partial charge is 0.410 e. The first-order valence-electron chi connectivity index (χ1n) is 7.90. The molecule has 5 heteroatoms. The number of likely N-dealkylation sites (tertiary alicyclic amines) is 1. The lowest BCUT2D eigenvalue weighted by molar-refractivity contribution is -0.259. The van der Waals surface area contributed by atoms with Crippen molar-refractivity contribution in [2.24, 2.45) is 0 Å². The minimum absolute atomic E-state index is 0.125. The number of methoxy groups -OCH3 is 1. The molecule has 1 heterocycles. The Morgan fingerprint density at radius 1 is 1.13 bits per heavy atom. The van der Waals surface area contributed by atoms with Gasteiger partial charge in [0.25, 0.3) is 0 Å². The lowest BCUT2D eigenvalue weighted by Gasteiger charge is -2.49. The maximum Gasteiger partial charge on any atom is 0.410 e. The fraction of sp³-hybridized carbons (Fsp3) is 0.611. The molecule has 0 spiro atoms. The predicted octanol–water partition coefficient (Wildman–Crippen LogP) is 3.75. The number of ether oxygens (including phenoxy) is 3. The topological polar surface area (TPSA) is 48.0 Å². The van der Waals surface area contributed by atoms with Crippen LogP contribution < -0.4 is 0 Å². The van der Waals surface area contributed by atoms with Gasteiger partial charge in [0.2, 0.25) is 0 Å². The Hall–Kier alpha value is -1.59. The number of carbonyl (C=O) groups is 1. The first kappa shape index (κ1) is 17.8. The molecule has 0 aromatic heterocycles. The van der Waals surface area contributed by atoms with Gasteiger partial charge in [-0.3, -0.25) is 4.90 Å². The largest absolute Gasteiger partial charge is 0.444 e. The molecule has 0 saturated carbocycles. The van der Waals surface area contributed by atoms with Gasteiger partial charge in [0, 0.05) is 7.11 Å². The van der Waals surface area contributed by atoms with E-state index in [0.29, 0.717) is 6.54 Å². The van der Waals surface area contributed by atoms with E-state index < -0.39 is 11.4 Å². The minimum Gasteiger partial charge on any atom is -0.444 e. The lowest BCUT2D eigenvalue weighted by atomic mass is 9.92. The van der Waals surface area contributed by atoms with Gasteiger partial charge in [-0.25, -0.2) is 4.79 Å². The summed E-state index contributed by atoms with van der Waals surface area (Å²) in [5.41, 5.74) is 0.511. The molecule has 1 aliphatic heterocycles. The number of benzene rings is 1. The highest BCUT2D eigenvalue weighted by Gasteiger charge is 2.47. The van der Waals surface area contributed by atoms with Crippen molar-refractivity contribution < 1.29 is 19.0 Å². The van der Waals surface area contributed by atoms with Crippen LogP contribution in [0.15, 0.2) is 30.3 Å². The predicted molar refractivity (Wildman–Crippen MR) is 88.1 cm³/mol. The molecule has 2 rings (SSSR count). The third kappa shape index (κ3) is 4.45. The van der Waals surface area contributed by atoms with E-state index >= 15 is 0 Å². The Morgan fingerprint density at radius 2 is 1.74 bits per heavy atom. The molecule has 0 N–H and O–H groups in total. The van der Waals surface area contributed by atoms with Crippen LogP contribution in [0.1, 0.15) is 46.2 Å². The highest BCUT2D eigenvalue weighted by Crippen LogP contribution is 2.38. The van der Waals surface area contributed by atoms with Gasteiger partial charge in [-0.15, -0.1) is 0 Å². The first-order valence-corrected chi connectivity index (χ1v) is 7.90. The van der Waals surface area contributed by atoms with Gasteiger partial charge >= 0.3 is 6.09 Å². The van der Waals surface area contributed by atoms with Gasteiger partial charge < -0.3 is 14.2 Å². The quantitative estimate of drug-likeness (QED) is 0.793. The number of nitrogens with zero attached hydrogens (tertiary/aromatic N) is 1. The maximum atomic E-state index is 12.4. The van der Waals surface area contributed by atoms with Gasteiger partial charge in [0.05, 0.1) is 12.6 Å². The van der Waals surface area contributed by atoms with Crippen LogP contribution in [0.3, 0.4) is 0 Å². The van der Waals surface area contributed by atoms with Crippen molar-refractivity contribution in [3.63, 3.8) is 0 Å². The average Bonchev–Trinajstić information content (AvgIpc) is 2.42. The lowest BCUT2D eigenvalue weighted by Crippen LogP contribution is -2.60. The number of carbonyl (C=O) groups excluding carboxylic acids is 1. The van der Waals surface area contributed by atoms with E-state index in [0.717, 1.165) is 5.56 Å². The number of amides is 1. The van der Waals surface area contributed by atoms with Crippen molar-refractivity contribution in [2.45, 2.75) is 58.2 Å². The van der Waals surface area contributed by atoms with Crippen LogP contribution in [0.25, 0.3) is 0 Å². The van der Waals surface area contributed by atoms with Crippen LogP contribution in [-0.2, 0) is 14.2 Å². The van der Waals surface area contributed by atoms with Gasteiger partial charge in [-0.2, -0.15) is 0 Å². The van der Waals surface area contributed by atoms with Crippen LogP contribution in [0.2, 0.25) is 0 Å². The summed E-state index contributed by atoms with van der Waals surface area (Å²) in [5, 5.41) is 0. The summed E-state index contributed by atoms with van der Waals surface area (Å²) >= 11 is 0. The molecule has 128 valence electrons. The summed E-state index contributed by atoms with van der Waals surface area (Å²) in [6, 6.07) is 9.70. The van der Waals surface area contributed by atoms with Crippen molar-refractivity contribution in [2.75, 3.05) is 13.7 Å². The zero-order chi connectivity index (χ0) is 17.3. The summed E-state index contributed by atoms with van der Waals surface area (Å²) < 4.78 is 16.9. The standard InChI is InChI=1S/C18H27NO4/c1-17(2,3)23-16(20)19-12-14(22-18(4,5)21-6)15(19)13-10-8-7-9-11-13/h7-11,14-15H,12H2,1-6H3/t14-,15-/m1/s1. The zero-order valence-electron chi connectivity index (χ0n) is 14.8. The molecule has 2 atom stereocenters. The van der Waals surface area contributed by atoms with Gasteiger partial charge in [-0.05, 0) is 40.2 Å². The third-order valence-electron chi connectivity index (χ3n) is 3.76. The van der Waals surface area contributed by atoms with E-state index in [1.165, 1.54) is 0 Å². The second-order valence-electron chi connectivity index (χ2n) is 7.25. The summed E-state index contributed by atoms with van der Waals surface area (Å²) in [6.45, 7) is 9.82. The van der Waals surface area contributed by atoms with E-state index in [-0.39, 0.29) is 18.2 Å². The Morgan fingerprint density at radius 3 is 2.26 bits per heavy atom. The highest BCUT2D eigenvalue weighted by molar-refractivity contribution is 5.70. The van der Waals surface area contributed by atoms with Crippen LogP contribution in [0, 0.1) is 0 Å². The molecule has 0 bridgehead atoms. The second kappa shape index (κ2) is 6.49. The molecular weight excluding hydrogens is 294 g/mol. The van der Waals surface area contributed by atoms with Gasteiger partial charge in [0.15, 0.2) is 5.79 Å². The Bertz CT molecular complexity index is 536. The van der Waals surface area contributed by atoms with Gasteiger partial charge in [0.1, 0.15) is 11.7 Å². The monoisotopic (exact) mass is 321 g/mol. The van der Waals surface area contributed by atoms with Crippen molar-refractivity contribution in [1.29, 1.82) is 0 Å². The molecule has 1 aromatic carbocycles. The second-order valence-corrected chi connectivity index (χ2v) is 7.25. The van der Waals surface area contributed by atoms with E-state index in [1.807, 2.05) is 65.0 Å². The van der Waals surface area contributed by atoms with Crippen LogP contribution >= 0.6 is 0 Å². The highest BCUT2D eigenvalue weighted by atomic mass is 16.7. The molecule has 1 aromatic rings. The number of hydrogen-bond acceptors (Lipinski definition) is 4. The van der Waals surface area contributed by atoms with Crippen LogP contribution in [-0.4, -0.2) is 42.1 Å². The number of hydrogen-bond donors (Lipinski definition) is 0. The molecule has 1 fully saturated rings. The Balaban J connectivity index is 2.17. The molecule has 1 aliphatic rings. The molecule has 0 radical (unpaired) electrons. The fourth-order valence-corrected chi connectivity index (χ4v) is 2.54.